The molecule has 3 aromatic carbocycles. The first-order valence-corrected chi connectivity index (χ1v) is 10.6. The monoisotopic (exact) mass is 430 g/mol. The molecule has 5 heteroatoms. The number of carbonyl (C=O) groups excluding carboxylic acids is 1. The normalized spacial score (nSPS) is 11.1. The highest BCUT2D eigenvalue weighted by Crippen LogP contribution is 2.26. The minimum atomic E-state index is -0.446. The van der Waals surface area contributed by atoms with Crippen LogP contribution in [0.15, 0.2) is 78.5 Å². The van der Waals surface area contributed by atoms with Crippen LogP contribution in [0.1, 0.15) is 27.8 Å². The maximum absolute atomic E-state index is 12.9. The van der Waals surface area contributed by atoms with E-state index in [-0.39, 0.29) is 5.57 Å². The molecule has 1 N–H and O–H groups in total. The Hall–Kier alpha value is -4.61. The second-order valence-electron chi connectivity index (χ2n) is 7.94. The van der Waals surface area contributed by atoms with Gasteiger partial charge in [0.1, 0.15) is 11.6 Å². The number of hydrogen-bond donors (Lipinski definition) is 1. The molecule has 0 atom stereocenters. The zero-order chi connectivity index (χ0) is 23.4. The standard InChI is InChI=1S/C28H22N4O/c1-19-11-12-20(2)26(13-19)31-28(33)23(16-30)14-24-18-32(27-10-6-5-9-25(24)27)17-22-8-4-3-7-21(22)15-29/h3-14,18H,17H2,1-2H3,(H,31,33)/b23-14+. The summed E-state index contributed by atoms with van der Waals surface area (Å²) in [7, 11) is 0. The predicted octanol–water partition coefficient (Wildman–Crippen LogP) is 5.72. The van der Waals surface area contributed by atoms with E-state index >= 15 is 0 Å². The number of hydrogen-bond acceptors (Lipinski definition) is 3. The van der Waals surface area contributed by atoms with Gasteiger partial charge in [-0.25, -0.2) is 0 Å². The predicted molar refractivity (Wildman–Crippen MR) is 130 cm³/mol. The van der Waals surface area contributed by atoms with Gasteiger partial charge in [0, 0.05) is 34.9 Å². The number of rotatable bonds is 5. The Bertz CT molecular complexity index is 1480. The molecule has 0 aliphatic rings. The van der Waals surface area contributed by atoms with Gasteiger partial charge in [-0.1, -0.05) is 48.5 Å². The highest BCUT2D eigenvalue weighted by atomic mass is 16.1. The fourth-order valence-corrected chi connectivity index (χ4v) is 3.84. The number of nitrogens with zero attached hydrogens (tertiary/aromatic N) is 3. The molecule has 0 bridgehead atoms. The fourth-order valence-electron chi connectivity index (χ4n) is 3.84. The third-order valence-corrected chi connectivity index (χ3v) is 5.60. The second-order valence-corrected chi connectivity index (χ2v) is 7.94. The summed E-state index contributed by atoms with van der Waals surface area (Å²) in [6, 6.07) is 25.4. The molecule has 5 nitrogen and oxygen atoms in total. The van der Waals surface area contributed by atoms with Crippen molar-refractivity contribution >= 4 is 28.6 Å². The first kappa shape index (κ1) is 21.6. The van der Waals surface area contributed by atoms with Crippen LogP contribution in [0.2, 0.25) is 0 Å². The lowest BCUT2D eigenvalue weighted by molar-refractivity contribution is -0.112. The lowest BCUT2D eigenvalue weighted by Gasteiger charge is -2.08. The van der Waals surface area contributed by atoms with Crippen LogP contribution in [0, 0.1) is 36.5 Å². The van der Waals surface area contributed by atoms with Gasteiger partial charge in [0.05, 0.1) is 11.6 Å². The number of aromatic nitrogens is 1. The first-order chi connectivity index (χ1) is 16.0. The van der Waals surface area contributed by atoms with Gasteiger partial charge in [0.25, 0.3) is 5.91 Å². The van der Waals surface area contributed by atoms with E-state index < -0.39 is 5.91 Å². The molecular formula is C28H22N4O. The van der Waals surface area contributed by atoms with E-state index in [1.807, 2.05) is 91.3 Å². The molecule has 4 rings (SSSR count). The maximum atomic E-state index is 12.9. The van der Waals surface area contributed by atoms with E-state index in [0.717, 1.165) is 33.2 Å². The molecule has 0 fully saturated rings. The summed E-state index contributed by atoms with van der Waals surface area (Å²) in [4.78, 5) is 12.9. The zero-order valence-electron chi connectivity index (χ0n) is 18.5. The van der Waals surface area contributed by atoms with E-state index in [1.54, 1.807) is 12.1 Å². The van der Waals surface area contributed by atoms with Gasteiger partial charge in [0.15, 0.2) is 0 Å². The Kier molecular flexibility index (Phi) is 6.06. The number of nitrogens with one attached hydrogen (secondary N) is 1. The molecule has 33 heavy (non-hydrogen) atoms. The van der Waals surface area contributed by atoms with Crippen LogP contribution in [-0.4, -0.2) is 10.5 Å². The average molecular weight is 431 g/mol. The summed E-state index contributed by atoms with van der Waals surface area (Å²) in [5.41, 5.74) is 5.94. The number of benzene rings is 3. The summed E-state index contributed by atoms with van der Waals surface area (Å²) in [5, 5.41) is 22.9. The summed E-state index contributed by atoms with van der Waals surface area (Å²) >= 11 is 0. The van der Waals surface area contributed by atoms with Crippen molar-refractivity contribution in [2.45, 2.75) is 20.4 Å². The van der Waals surface area contributed by atoms with Crippen molar-refractivity contribution in [3.63, 3.8) is 0 Å². The van der Waals surface area contributed by atoms with Crippen LogP contribution >= 0.6 is 0 Å². The Morgan fingerprint density at radius 2 is 1.79 bits per heavy atom. The SMILES string of the molecule is Cc1ccc(C)c(NC(=O)/C(C#N)=C/c2cn(Cc3ccccc3C#N)c3ccccc23)c1. The number of nitriles is 2. The fraction of sp³-hybridized carbons (Fsp3) is 0.107. The average Bonchev–Trinajstić information content (AvgIpc) is 3.17. The second kappa shape index (κ2) is 9.26. The minimum Gasteiger partial charge on any atom is -0.342 e. The third-order valence-electron chi connectivity index (χ3n) is 5.60. The molecule has 0 saturated carbocycles. The van der Waals surface area contributed by atoms with Gasteiger partial charge in [0.2, 0.25) is 0 Å². The van der Waals surface area contributed by atoms with Gasteiger partial charge in [-0.3, -0.25) is 4.79 Å². The van der Waals surface area contributed by atoms with E-state index in [4.69, 9.17) is 0 Å². The molecule has 0 spiro atoms. The molecule has 1 aromatic heterocycles. The Morgan fingerprint density at radius 3 is 2.58 bits per heavy atom. The van der Waals surface area contributed by atoms with Crippen LogP contribution in [0.3, 0.4) is 0 Å². The van der Waals surface area contributed by atoms with Crippen LogP contribution in [0.4, 0.5) is 5.69 Å². The largest absolute Gasteiger partial charge is 0.342 e. The molecule has 0 aliphatic heterocycles. The van der Waals surface area contributed by atoms with Gasteiger partial charge < -0.3 is 9.88 Å². The molecule has 0 aliphatic carbocycles. The van der Waals surface area contributed by atoms with Crippen molar-refractivity contribution in [3.05, 3.63) is 106 Å². The highest BCUT2D eigenvalue weighted by molar-refractivity contribution is 6.11. The van der Waals surface area contributed by atoms with Crippen molar-refractivity contribution in [2.75, 3.05) is 5.32 Å². The summed E-state index contributed by atoms with van der Waals surface area (Å²) in [6.45, 7) is 4.38. The zero-order valence-corrected chi connectivity index (χ0v) is 18.5. The van der Waals surface area contributed by atoms with Gasteiger partial charge in [-0.05, 0) is 54.8 Å². The number of carbonyl (C=O) groups is 1. The van der Waals surface area contributed by atoms with E-state index in [2.05, 4.69) is 11.4 Å². The topological polar surface area (TPSA) is 81.6 Å². The Morgan fingerprint density at radius 1 is 1.03 bits per heavy atom. The highest BCUT2D eigenvalue weighted by Gasteiger charge is 2.14. The van der Waals surface area contributed by atoms with Gasteiger partial charge in [-0.15, -0.1) is 0 Å². The lowest BCUT2D eigenvalue weighted by Crippen LogP contribution is -2.14. The van der Waals surface area contributed by atoms with Gasteiger partial charge >= 0.3 is 0 Å². The summed E-state index contributed by atoms with van der Waals surface area (Å²) in [5.74, 6) is -0.446. The number of anilines is 1. The first-order valence-electron chi connectivity index (χ1n) is 10.6. The number of aryl methyl sites for hydroxylation is 2. The van der Waals surface area contributed by atoms with E-state index in [1.165, 1.54) is 0 Å². The van der Waals surface area contributed by atoms with Crippen LogP contribution in [0.25, 0.3) is 17.0 Å². The molecular weight excluding hydrogens is 408 g/mol. The van der Waals surface area contributed by atoms with E-state index in [0.29, 0.717) is 17.8 Å². The molecule has 160 valence electrons. The number of fused-ring (bicyclic) bond motifs is 1. The van der Waals surface area contributed by atoms with Crippen molar-refractivity contribution in [1.29, 1.82) is 10.5 Å². The van der Waals surface area contributed by atoms with Gasteiger partial charge in [-0.2, -0.15) is 10.5 Å². The molecule has 1 amide bonds. The number of amides is 1. The van der Waals surface area contributed by atoms with Crippen molar-refractivity contribution in [2.24, 2.45) is 0 Å². The third kappa shape index (κ3) is 4.54. The molecule has 1 heterocycles. The number of para-hydroxylation sites is 1. The summed E-state index contributed by atoms with van der Waals surface area (Å²) < 4.78 is 2.04. The Balaban J connectivity index is 1.71. The van der Waals surface area contributed by atoms with Crippen molar-refractivity contribution in [3.8, 4) is 12.1 Å². The van der Waals surface area contributed by atoms with Crippen molar-refractivity contribution in [1.82, 2.24) is 4.57 Å². The molecule has 0 unspecified atom stereocenters. The maximum Gasteiger partial charge on any atom is 0.266 e. The summed E-state index contributed by atoms with van der Waals surface area (Å²) in [6.07, 6.45) is 3.54. The Labute approximate surface area is 192 Å². The molecule has 4 aromatic rings. The lowest BCUT2D eigenvalue weighted by atomic mass is 10.1. The quantitative estimate of drug-likeness (QED) is 0.325. The van der Waals surface area contributed by atoms with Crippen LogP contribution in [0.5, 0.6) is 0 Å². The smallest absolute Gasteiger partial charge is 0.266 e. The van der Waals surface area contributed by atoms with Crippen molar-refractivity contribution < 1.29 is 4.79 Å². The molecule has 0 radical (unpaired) electrons. The van der Waals surface area contributed by atoms with Crippen LogP contribution in [-0.2, 0) is 11.3 Å². The van der Waals surface area contributed by atoms with E-state index in [9.17, 15) is 15.3 Å². The molecule has 0 saturated heterocycles. The van der Waals surface area contributed by atoms with Crippen LogP contribution < -0.4 is 5.32 Å². The minimum absolute atomic E-state index is 0.0243.